The monoisotopic (exact) mass is 359 g/mol. The van der Waals surface area contributed by atoms with Crippen LogP contribution in [0.25, 0.3) is 5.57 Å². The minimum atomic E-state index is 0.190. The van der Waals surface area contributed by atoms with Crippen molar-refractivity contribution in [2.24, 2.45) is 16.8 Å². The number of hydrogen-bond donors (Lipinski definition) is 1. The van der Waals surface area contributed by atoms with E-state index < -0.39 is 0 Å². The summed E-state index contributed by atoms with van der Waals surface area (Å²) in [4.78, 5) is 4.35. The van der Waals surface area contributed by atoms with E-state index in [4.69, 9.17) is 10.00 Å². The Morgan fingerprint density at radius 1 is 1.26 bits per heavy atom. The van der Waals surface area contributed by atoms with Gasteiger partial charge in [-0.3, -0.25) is 4.99 Å². The Bertz CT molecular complexity index is 837. The second kappa shape index (κ2) is 8.37. The first-order valence-corrected chi connectivity index (χ1v) is 9.80. The van der Waals surface area contributed by atoms with E-state index in [0.29, 0.717) is 6.42 Å². The highest BCUT2D eigenvalue weighted by molar-refractivity contribution is 5.80. The molecule has 0 radical (unpaired) electrons. The maximum Gasteiger partial charge on any atom is 0.106 e. The summed E-state index contributed by atoms with van der Waals surface area (Å²) in [5.41, 5.74) is 3.58. The largest absolute Gasteiger partial charge is 0.494 e. The highest BCUT2D eigenvalue weighted by Gasteiger charge is 2.30. The van der Waals surface area contributed by atoms with E-state index >= 15 is 0 Å². The molecular weight excluding hydrogens is 334 g/mol. The van der Waals surface area contributed by atoms with Crippen molar-refractivity contribution in [2.45, 2.75) is 31.8 Å². The Balaban J connectivity index is 1.61. The molecule has 4 heteroatoms. The molecule has 2 atom stereocenters. The SMILES string of the molecule is N#CCCc1cccc(C2=CC3C=CN=CC3C(OC3CCNCC3)=C2)c1. The standard InChI is InChI=1S/C23H25N3O/c24-9-2-4-17-3-1-5-18(13-17)20-14-19-6-10-26-16-22(19)23(15-20)27-21-7-11-25-12-8-21/h1,3,5-6,10,13-16,19,21-22,25H,2,4,7-8,11-12H2. The second-order valence-electron chi connectivity index (χ2n) is 7.34. The lowest BCUT2D eigenvalue weighted by Crippen LogP contribution is -2.34. The maximum absolute atomic E-state index is 8.85. The quantitative estimate of drug-likeness (QED) is 0.864. The van der Waals surface area contributed by atoms with Crippen LogP contribution in [-0.2, 0) is 11.2 Å². The lowest BCUT2D eigenvalue weighted by molar-refractivity contribution is 0.0735. The summed E-state index contributed by atoms with van der Waals surface area (Å²) in [5.74, 6) is 1.50. The molecule has 0 spiro atoms. The van der Waals surface area contributed by atoms with E-state index in [1.165, 1.54) is 16.7 Å². The molecule has 0 amide bonds. The number of aryl methyl sites for hydroxylation is 1. The average Bonchev–Trinajstić information content (AvgIpc) is 2.73. The van der Waals surface area contributed by atoms with Gasteiger partial charge in [-0.05, 0) is 55.1 Å². The zero-order chi connectivity index (χ0) is 18.5. The summed E-state index contributed by atoms with van der Waals surface area (Å²) in [6.45, 7) is 2.04. The van der Waals surface area contributed by atoms with Gasteiger partial charge in [0.25, 0.3) is 0 Å². The molecule has 1 aromatic carbocycles. The Morgan fingerprint density at radius 3 is 3.00 bits per heavy atom. The number of nitrogens with one attached hydrogen (secondary N) is 1. The molecule has 138 valence electrons. The topological polar surface area (TPSA) is 57.4 Å². The molecule has 27 heavy (non-hydrogen) atoms. The number of piperidine rings is 1. The van der Waals surface area contributed by atoms with Crippen LogP contribution in [0.1, 0.15) is 30.4 Å². The van der Waals surface area contributed by atoms with Crippen molar-refractivity contribution in [1.29, 1.82) is 5.26 Å². The van der Waals surface area contributed by atoms with Crippen LogP contribution in [0.5, 0.6) is 0 Å². The first-order valence-electron chi connectivity index (χ1n) is 9.80. The van der Waals surface area contributed by atoms with Gasteiger partial charge >= 0.3 is 0 Å². The first kappa shape index (κ1) is 17.8. The van der Waals surface area contributed by atoms with Crippen LogP contribution >= 0.6 is 0 Å². The van der Waals surface area contributed by atoms with Crippen molar-refractivity contribution in [3.05, 3.63) is 65.6 Å². The molecule has 4 rings (SSSR count). The van der Waals surface area contributed by atoms with Gasteiger partial charge in [0.15, 0.2) is 0 Å². The summed E-state index contributed by atoms with van der Waals surface area (Å²) in [5, 5.41) is 12.2. The normalized spacial score (nSPS) is 24.6. The molecular formula is C23H25N3O. The fourth-order valence-corrected chi connectivity index (χ4v) is 3.94. The molecule has 4 nitrogen and oxygen atoms in total. The van der Waals surface area contributed by atoms with Crippen LogP contribution < -0.4 is 5.32 Å². The average molecular weight is 359 g/mol. The molecule has 1 aromatic rings. The Kier molecular flexibility index (Phi) is 5.50. The van der Waals surface area contributed by atoms with Crippen LogP contribution in [0, 0.1) is 23.2 Å². The van der Waals surface area contributed by atoms with Gasteiger partial charge in [0.05, 0.1) is 12.0 Å². The highest BCUT2D eigenvalue weighted by atomic mass is 16.5. The number of ether oxygens (including phenoxy) is 1. The molecule has 3 aliphatic rings. The molecule has 2 heterocycles. The lowest BCUT2D eigenvalue weighted by Gasteiger charge is -2.32. The Morgan fingerprint density at radius 2 is 2.15 bits per heavy atom. The van der Waals surface area contributed by atoms with E-state index in [2.05, 4.69) is 58.9 Å². The van der Waals surface area contributed by atoms with Gasteiger partial charge in [-0.15, -0.1) is 0 Å². The molecule has 1 saturated heterocycles. The van der Waals surface area contributed by atoms with Gasteiger partial charge in [0.2, 0.25) is 0 Å². The van der Waals surface area contributed by atoms with Crippen LogP contribution in [0.4, 0.5) is 0 Å². The van der Waals surface area contributed by atoms with E-state index in [9.17, 15) is 0 Å². The van der Waals surface area contributed by atoms with E-state index in [0.717, 1.165) is 38.1 Å². The van der Waals surface area contributed by atoms with E-state index in [1.54, 1.807) is 0 Å². The smallest absolute Gasteiger partial charge is 0.106 e. The number of aliphatic imine (C=N–C) groups is 1. The van der Waals surface area contributed by atoms with Crippen molar-refractivity contribution < 1.29 is 4.74 Å². The van der Waals surface area contributed by atoms with Crippen molar-refractivity contribution in [3.8, 4) is 6.07 Å². The number of hydrogen-bond acceptors (Lipinski definition) is 4. The number of fused-ring (bicyclic) bond motifs is 1. The molecule has 1 N–H and O–H groups in total. The lowest BCUT2D eigenvalue weighted by atomic mass is 9.82. The van der Waals surface area contributed by atoms with E-state index in [1.807, 2.05) is 12.4 Å². The molecule has 2 unspecified atom stereocenters. The number of allylic oxidation sites excluding steroid dienone is 5. The number of rotatable bonds is 5. The van der Waals surface area contributed by atoms with Crippen molar-refractivity contribution in [1.82, 2.24) is 5.32 Å². The molecule has 0 bridgehead atoms. The van der Waals surface area contributed by atoms with Crippen molar-refractivity contribution >= 4 is 11.8 Å². The second-order valence-corrected chi connectivity index (χ2v) is 7.34. The van der Waals surface area contributed by atoms with Gasteiger partial charge in [0.1, 0.15) is 11.9 Å². The number of nitrogens with zero attached hydrogens (tertiary/aromatic N) is 2. The van der Waals surface area contributed by atoms with Gasteiger partial charge in [-0.1, -0.05) is 36.4 Å². The van der Waals surface area contributed by atoms with Gasteiger partial charge in [-0.2, -0.15) is 5.26 Å². The highest BCUT2D eigenvalue weighted by Crippen LogP contribution is 2.36. The van der Waals surface area contributed by atoms with Crippen LogP contribution in [-0.4, -0.2) is 25.4 Å². The van der Waals surface area contributed by atoms with Crippen molar-refractivity contribution in [2.75, 3.05) is 13.1 Å². The maximum atomic E-state index is 8.85. The number of benzene rings is 1. The third-order valence-corrected chi connectivity index (χ3v) is 5.43. The Hall–Kier alpha value is -2.64. The van der Waals surface area contributed by atoms with Crippen molar-refractivity contribution in [3.63, 3.8) is 0 Å². The van der Waals surface area contributed by atoms with Crippen LogP contribution in [0.3, 0.4) is 0 Å². The Labute approximate surface area is 161 Å². The minimum Gasteiger partial charge on any atom is -0.494 e. The van der Waals surface area contributed by atoms with Gasteiger partial charge in [-0.25, -0.2) is 0 Å². The van der Waals surface area contributed by atoms with E-state index in [-0.39, 0.29) is 17.9 Å². The molecule has 0 saturated carbocycles. The minimum absolute atomic E-state index is 0.190. The summed E-state index contributed by atoms with van der Waals surface area (Å²) in [6.07, 6.45) is 14.3. The molecule has 2 aliphatic heterocycles. The zero-order valence-corrected chi connectivity index (χ0v) is 15.5. The molecule has 0 aromatic heterocycles. The first-order chi connectivity index (χ1) is 13.3. The predicted octanol–water partition coefficient (Wildman–Crippen LogP) is 4.02. The third-order valence-electron chi connectivity index (χ3n) is 5.43. The summed E-state index contributed by atoms with van der Waals surface area (Å²) in [7, 11) is 0. The van der Waals surface area contributed by atoms with Gasteiger partial charge < -0.3 is 10.1 Å². The van der Waals surface area contributed by atoms with Crippen LogP contribution in [0.2, 0.25) is 0 Å². The fourth-order valence-electron chi connectivity index (χ4n) is 3.94. The summed E-state index contributed by atoms with van der Waals surface area (Å²) >= 11 is 0. The zero-order valence-electron chi connectivity index (χ0n) is 15.5. The molecule has 1 fully saturated rings. The summed E-state index contributed by atoms with van der Waals surface area (Å²) < 4.78 is 6.46. The third kappa shape index (κ3) is 4.20. The molecule has 1 aliphatic carbocycles. The predicted molar refractivity (Wildman–Crippen MR) is 108 cm³/mol. The summed E-state index contributed by atoms with van der Waals surface area (Å²) in [6, 6.07) is 10.7. The van der Waals surface area contributed by atoms with Gasteiger partial charge in [0, 0.05) is 24.8 Å². The van der Waals surface area contributed by atoms with Crippen LogP contribution in [0.15, 0.2) is 59.4 Å². The number of nitriles is 1. The fraction of sp³-hybridized carbons (Fsp3) is 0.391.